The zero-order valence-corrected chi connectivity index (χ0v) is 14.4. The molecule has 26 heavy (non-hydrogen) atoms. The van der Waals surface area contributed by atoms with Crippen molar-refractivity contribution in [2.24, 2.45) is 0 Å². The van der Waals surface area contributed by atoms with Crippen LogP contribution in [-0.2, 0) is 0 Å². The van der Waals surface area contributed by atoms with E-state index in [1.54, 1.807) is 30.0 Å². The molecule has 1 aliphatic heterocycles. The number of aromatic nitrogens is 2. The van der Waals surface area contributed by atoms with E-state index in [1.165, 1.54) is 0 Å². The number of nitrogens with zero attached hydrogens (tertiary/aromatic N) is 3. The van der Waals surface area contributed by atoms with Crippen LogP contribution in [0.1, 0.15) is 40.7 Å². The molecule has 2 aromatic carbocycles. The van der Waals surface area contributed by atoms with E-state index in [-0.39, 0.29) is 17.7 Å². The van der Waals surface area contributed by atoms with Crippen molar-refractivity contribution in [3.8, 4) is 17.1 Å². The average molecular weight is 349 g/mol. The Kier molecular flexibility index (Phi) is 4.16. The summed E-state index contributed by atoms with van der Waals surface area (Å²) < 4.78 is 5.47. The van der Waals surface area contributed by atoms with Crippen molar-refractivity contribution in [2.75, 3.05) is 6.54 Å². The molecule has 1 fully saturated rings. The summed E-state index contributed by atoms with van der Waals surface area (Å²) in [5.74, 6) is 0.969. The van der Waals surface area contributed by atoms with Gasteiger partial charge in [0, 0.05) is 23.2 Å². The maximum absolute atomic E-state index is 13.0. The van der Waals surface area contributed by atoms with Gasteiger partial charge < -0.3 is 14.5 Å². The van der Waals surface area contributed by atoms with Gasteiger partial charge in [0.25, 0.3) is 5.91 Å². The molecular formula is C20H19N3O3. The van der Waals surface area contributed by atoms with E-state index in [0.29, 0.717) is 29.4 Å². The van der Waals surface area contributed by atoms with E-state index < -0.39 is 0 Å². The van der Waals surface area contributed by atoms with Gasteiger partial charge >= 0.3 is 0 Å². The molecule has 0 spiro atoms. The SMILES string of the molecule is Cc1c(O)cccc1C(=O)N1CCC[C@@H]1c1nc(-c2ccccc2)no1. The third-order valence-corrected chi connectivity index (χ3v) is 4.81. The van der Waals surface area contributed by atoms with Gasteiger partial charge in [-0.3, -0.25) is 4.79 Å². The maximum atomic E-state index is 13.0. The van der Waals surface area contributed by atoms with Gasteiger partial charge in [0.15, 0.2) is 0 Å². The summed E-state index contributed by atoms with van der Waals surface area (Å²) in [5, 5.41) is 14.0. The maximum Gasteiger partial charge on any atom is 0.254 e. The number of benzene rings is 2. The van der Waals surface area contributed by atoms with Crippen molar-refractivity contribution in [3.63, 3.8) is 0 Å². The largest absolute Gasteiger partial charge is 0.508 e. The fraction of sp³-hybridized carbons (Fsp3) is 0.250. The quantitative estimate of drug-likeness (QED) is 0.779. The molecule has 6 heteroatoms. The average Bonchev–Trinajstić information content (AvgIpc) is 3.33. The number of carbonyl (C=O) groups excluding carboxylic acids is 1. The number of likely N-dealkylation sites (tertiary alicyclic amines) is 1. The lowest BCUT2D eigenvalue weighted by atomic mass is 10.1. The Morgan fingerprint density at radius 2 is 2.00 bits per heavy atom. The number of phenolic OH excluding ortho intramolecular Hbond substituents is 1. The molecule has 0 aliphatic carbocycles. The number of hydrogen-bond acceptors (Lipinski definition) is 5. The van der Waals surface area contributed by atoms with Crippen molar-refractivity contribution < 1.29 is 14.4 Å². The van der Waals surface area contributed by atoms with E-state index in [4.69, 9.17) is 4.52 Å². The lowest BCUT2D eigenvalue weighted by Crippen LogP contribution is -2.31. The van der Waals surface area contributed by atoms with Crippen molar-refractivity contribution in [2.45, 2.75) is 25.8 Å². The van der Waals surface area contributed by atoms with Gasteiger partial charge in [-0.1, -0.05) is 41.6 Å². The highest BCUT2D eigenvalue weighted by molar-refractivity contribution is 5.96. The van der Waals surface area contributed by atoms with Crippen molar-refractivity contribution in [1.29, 1.82) is 0 Å². The van der Waals surface area contributed by atoms with Gasteiger partial charge in [-0.25, -0.2) is 0 Å². The molecular weight excluding hydrogens is 330 g/mol. The van der Waals surface area contributed by atoms with Crippen LogP contribution in [0.15, 0.2) is 53.1 Å². The van der Waals surface area contributed by atoms with Crippen LogP contribution in [0.3, 0.4) is 0 Å². The predicted octanol–water partition coefficient (Wildman–Crippen LogP) is 3.73. The van der Waals surface area contributed by atoms with Gasteiger partial charge in [-0.15, -0.1) is 0 Å². The third kappa shape index (κ3) is 2.83. The highest BCUT2D eigenvalue weighted by atomic mass is 16.5. The Bertz CT molecular complexity index is 936. The molecule has 1 aromatic heterocycles. The molecule has 1 saturated heterocycles. The van der Waals surface area contributed by atoms with Gasteiger partial charge in [-0.2, -0.15) is 4.98 Å². The topological polar surface area (TPSA) is 79.5 Å². The highest BCUT2D eigenvalue weighted by Crippen LogP contribution is 2.34. The number of carbonyl (C=O) groups is 1. The molecule has 6 nitrogen and oxygen atoms in total. The van der Waals surface area contributed by atoms with E-state index in [0.717, 1.165) is 18.4 Å². The molecule has 2 heterocycles. The highest BCUT2D eigenvalue weighted by Gasteiger charge is 2.35. The van der Waals surface area contributed by atoms with Crippen molar-refractivity contribution >= 4 is 5.91 Å². The van der Waals surface area contributed by atoms with Crippen LogP contribution >= 0.6 is 0 Å². The zero-order valence-electron chi connectivity index (χ0n) is 14.4. The first-order valence-corrected chi connectivity index (χ1v) is 8.63. The van der Waals surface area contributed by atoms with Crippen LogP contribution in [0.25, 0.3) is 11.4 Å². The van der Waals surface area contributed by atoms with Crippen molar-refractivity contribution in [1.82, 2.24) is 15.0 Å². The molecule has 0 bridgehead atoms. The Hall–Kier alpha value is -3.15. The number of amides is 1. The summed E-state index contributed by atoms with van der Waals surface area (Å²) in [6.45, 7) is 2.37. The number of hydrogen-bond donors (Lipinski definition) is 1. The number of aromatic hydroxyl groups is 1. The second-order valence-electron chi connectivity index (χ2n) is 6.43. The summed E-state index contributed by atoms with van der Waals surface area (Å²) in [6, 6.07) is 14.4. The summed E-state index contributed by atoms with van der Waals surface area (Å²) in [5.41, 5.74) is 1.96. The molecule has 132 valence electrons. The Morgan fingerprint density at radius 3 is 2.81 bits per heavy atom. The van der Waals surface area contributed by atoms with E-state index >= 15 is 0 Å². The molecule has 4 rings (SSSR count). The van der Waals surface area contributed by atoms with Gasteiger partial charge in [0.2, 0.25) is 11.7 Å². The number of phenols is 1. The Balaban J connectivity index is 1.62. The van der Waals surface area contributed by atoms with Crippen LogP contribution in [0.4, 0.5) is 0 Å². The first kappa shape index (κ1) is 16.3. The van der Waals surface area contributed by atoms with Crippen LogP contribution in [-0.4, -0.2) is 32.6 Å². The van der Waals surface area contributed by atoms with E-state index in [9.17, 15) is 9.90 Å². The first-order chi connectivity index (χ1) is 12.6. The standard InChI is InChI=1S/C20H19N3O3/c1-13-15(9-5-11-17(13)24)20(25)23-12-6-10-16(23)19-21-18(22-26-19)14-7-3-2-4-8-14/h2-5,7-9,11,16,24H,6,10,12H2,1H3/t16-/m1/s1. The van der Waals surface area contributed by atoms with E-state index in [1.807, 2.05) is 30.3 Å². The first-order valence-electron chi connectivity index (χ1n) is 8.63. The van der Waals surface area contributed by atoms with Crippen molar-refractivity contribution in [3.05, 3.63) is 65.5 Å². The Labute approximate surface area is 151 Å². The molecule has 0 radical (unpaired) electrons. The minimum Gasteiger partial charge on any atom is -0.508 e. The van der Waals surface area contributed by atoms with Gasteiger partial charge in [0.1, 0.15) is 11.8 Å². The number of rotatable bonds is 3. The van der Waals surface area contributed by atoms with Gasteiger partial charge in [-0.05, 0) is 31.9 Å². The summed E-state index contributed by atoms with van der Waals surface area (Å²) in [4.78, 5) is 19.3. The van der Waals surface area contributed by atoms with E-state index in [2.05, 4.69) is 10.1 Å². The fourth-order valence-corrected chi connectivity index (χ4v) is 3.35. The third-order valence-electron chi connectivity index (χ3n) is 4.81. The minimum absolute atomic E-state index is 0.121. The second kappa shape index (κ2) is 6.63. The summed E-state index contributed by atoms with van der Waals surface area (Å²) >= 11 is 0. The zero-order chi connectivity index (χ0) is 18.1. The smallest absolute Gasteiger partial charge is 0.254 e. The fourth-order valence-electron chi connectivity index (χ4n) is 3.35. The van der Waals surface area contributed by atoms with Crippen LogP contribution in [0.2, 0.25) is 0 Å². The summed E-state index contributed by atoms with van der Waals surface area (Å²) in [6.07, 6.45) is 1.65. The lowest BCUT2D eigenvalue weighted by molar-refractivity contribution is 0.0709. The lowest BCUT2D eigenvalue weighted by Gasteiger charge is -2.22. The molecule has 0 saturated carbocycles. The summed E-state index contributed by atoms with van der Waals surface area (Å²) in [7, 11) is 0. The molecule has 3 aromatic rings. The molecule has 1 N–H and O–H groups in total. The molecule has 1 aliphatic rings. The predicted molar refractivity (Wildman–Crippen MR) is 95.6 cm³/mol. The molecule has 0 unspecified atom stereocenters. The molecule has 1 amide bonds. The van der Waals surface area contributed by atoms with Crippen LogP contribution < -0.4 is 0 Å². The van der Waals surface area contributed by atoms with Gasteiger partial charge in [0.05, 0.1) is 0 Å². The second-order valence-corrected chi connectivity index (χ2v) is 6.43. The monoisotopic (exact) mass is 349 g/mol. The Morgan fingerprint density at radius 1 is 1.19 bits per heavy atom. The minimum atomic E-state index is -0.241. The van der Waals surface area contributed by atoms with Crippen LogP contribution in [0.5, 0.6) is 5.75 Å². The molecule has 1 atom stereocenters. The normalized spacial score (nSPS) is 16.8. The van der Waals surface area contributed by atoms with Crippen LogP contribution in [0, 0.1) is 6.92 Å².